The van der Waals surface area contributed by atoms with Gasteiger partial charge in [0.1, 0.15) is 29.8 Å². The Balaban J connectivity index is 1.76. The first-order valence-corrected chi connectivity index (χ1v) is 8.27. The number of aromatic amines is 1. The number of para-hydroxylation sites is 1. The van der Waals surface area contributed by atoms with Crippen LogP contribution in [-0.2, 0) is 6.61 Å². The van der Waals surface area contributed by atoms with E-state index in [1.165, 1.54) is 24.3 Å². The van der Waals surface area contributed by atoms with Crippen LogP contribution in [0.1, 0.15) is 5.56 Å². The lowest BCUT2D eigenvalue weighted by Gasteiger charge is -2.12. The molecule has 0 aliphatic carbocycles. The van der Waals surface area contributed by atoms with Gasteiger partial charge in [-0.05, 0) is 30.3 Å². The van der Waals surface area contributed by atoms with Crippen LogP contribution in [0.4, 0.5) is 8.78 Å². The number of benzene rings is 3. The van der Waals surface area contributed by atoms with E-state index >= 15 is 0 Å². The first-order valence-electron chi connectivity index (χ1n) is 8.27. The molecule has 6 heteroatoms. The van der Waals surface area contributed by atoms with Crippen molar-refractivity contribution in [3.63, 3.8) is 0 Å². The molecule has 4 aromatic rings. The lowest BCUT2D eigenvalue weighted by molar-refractivity contribution is 0.299. The van der Waals surface area contributed by atoms with Crippen molar-refractivity contribution in [1.29, 1.82) is 0 Å². The molecular formula is C21H14F2N2O2. The van der Waals surface area contributed by atoms with Crippen molar-refractivity contribution in [2.24, 2.45) is 0 Å². The van der Waals surface area contributed by atoms with Crippen molar-refractivity contribution in [1.82, 2.24) is 9.97 Å². The number of H-pyrrole nitrogens is 1. The molecule has 1 aromatic heterocycles. The van der Waals surface area contributed by atoms with Crippen molar-refractivity contribution >= 4 is 10.9 Å². The van der Waals surface area contributed by atoms with Crippen LogP contribution in [-0.4, -0.2) is 9.97 Å². The van der Waals surface area contributed by atoms with Crippen molar-refractivity contribution < 1.29 is 13.5 Å². The van der Waals surface area contributed by atoms with Gasteiger partial charge in [-0.3, -0.25) is 4.79 Å². The number of ether oxygens (including phenoxy) is 1. The van der Waals surface area contributed by atoms with Crippen LogP contribution in [0, 0.1) is 11.6 Å². The molecule has 0 radical (unpaired) electrons. The zero-order valence-electron chi connectivity index (χ0n) is 14.1. The molecule has 1 N–H and O–H groups in total. The molecule has 0 aliphatic rings. The quantitative estimate of drug-likeness (QED) is 0.582. The third kappa shape index (κ3) is 3.42. The summed E-state index contributed by atoms with van der Waals surface area (Å²) in [4.78, 5) is 19.4. The molecule has 1 heterocycles. The summed E-state index contributed by atoms with van der Waals surface area (Å²) in [6, 6.07) is 17.0. The first kappa shape index (κ1) is 16.9. The van der Waals surface area contributed by atoms with Crippen LogP contribution in [0.2, 0.25) is 0 Å². The Bertz CT molecular complexity index is 1190. The Morgan fingerprint density at radius 2 is 1.74 bits per heavy atom. The van der Waals surface area contributed by atoms with E-state index in [9.17, 15) is 13.6 Å². The molecule has 3 aromatic carbocycles. The van der Waals surface area contributed by atoms with E-state index in [2.05, 4.69) is 9.97 Å². The standard InChI is InChI=1S/C21H14F2N2O2/c22-14-9-10-16(19(11-14)27-12-13-5-1-3-7-17(13)23)20-24-18-8-4-2-6-15(18)21(26)25-20/h1-11H,12H2,(H,24,25,26). The third-order valence-corrected chi connectivity index (χ3v) is 4.15. The summed E-state index contributed by atoms with van der Waals surface area (Å²) in [6.45, 7) is -0.0824. The highest BCUT2D eigenvalue weighted by Crippen LogP contribution is 2.29. The summed E-state index contributed by atoms with van der Waals surface area (Å²) >= 11 is 0. The van der Waals surface area contributed by atoms with E-state index < -0.39 is 11.6 Å². The molecule has 4 nitrogen and oxygen atoms in total. The van der Waals surface area contributed by atoms with E-state index in [1.807, 2.05) is 0 Å². The highest BCUT2D eigenvalue weighted by Gasteiger charge is 2.13. The molecule has 4 rings (SSSR count). The number of hydrogen-bond acceptors (Lipinski definition) is 3. The van der Waals surface area contributed by atoms with Gasteiger partial charge in [-0.15, -0.1) is 0 Å². The van der Waals surface area contributed by atoms with Gasteiger partial charge in [-0.2, -0.15) is 0 Å². The lowest BCUT2D eigenvalue weighted by Crippen LogP contribution is -2.10. The van der Waals surface area contributed by atoms with Crippen LogP contribution >= 0.6 is 0 Å². The number of halogens is 2. The predicted octanol–water partition coefficient (Wildman–Crippen LogP) is 4.45. The second-order valence-electron chi connectivity index (χ2n) is 5.95. The first-order chi connectivity index (χ1) is 13.1. The van der Waals surface area contributed by atoms with Gasteiger partial charge in [-0.25, -0.2) is 13.8 Å². The monoisotopic (exact) mass is 364 g/mol. The smallest absolute Gasteiger partial charge is 0.259 e. The average molecular weight is 364 g/mol. The highest BCUT2D eigenvalue weighted by molar-refractivity contribution is 5.80. The summed E-state index contributed by atoms with van der Waals surface area (Å²) in [5, 5.41) is 0.456. The van der Waals surface area contributed by atoms with E-state index in [0.717, 1.165) is 0 Å². The van der Waals surface area contributed by atoms with Crippen molar-refractivity contribution in [2.45, 2.75) is 6.61 Å². The van der Waals surface area contributed by atoms with E-state index in [0.29, 0.717) is 22.0 Å². The predicted molar refractivity (Wildman–Crippen MR) is 98.5 cm³/mol. The molecule has 134 valence electrons. The second-order valence-corrected chi connectivity index (χ2v) is 5.95. The van der Waals surface area contributed by atoms with Gasteiger partial charge in [0, 0.05) is 11.6 Å². The fourth-order valence-electron chi connectivity index (χ4n) is 2.80. The molecular weight excluding hydrogens is 350 g/mol. The molecule has 27 heavy (non-hydrogen) atoms. The normalized spacial score (nSPS) is 10.9. The zero-order valence-corrected chi connectivity index (χ0v) is 14.1. The average Bonchev–Trinajstić information content (AvgIpc) is 2.67. The lowest BCUT2D eigenvalue weighted by atomic mass is 10.1. The number of nitrogens with one attached hydrogen (secondary N) is 1. The minimum atomic E-state index is -0.509. The Morgan fingerprint density at radius 1 is 0.963 bits per heavy atom. The van der Waals surface area contributed by atoms with E-state index in [-0.39, 0.29) is 23.7 Å². The van der Waals surface area contributed by atoms with Crippen LogP contribution in [0.15, 0.2) is 71.5 Å². The van der Waals surface area contributed by atoms with Gasteiger partial charge in [0.25, 0.3) is 5.56 Å². The molecule has 0 aliphatic heterocycles. The maximum atomic E-state index is 13.8. The van der Waals surface area contributed by atoms with Crippen LogP contribution in [0.25, 0.3) is 22.3 Å². The molecule has 0 unspecified atom stereocenters. The Labute approximate surface area is 153 Å². The summed E-state index contributed by atoms with van der Waals surface area (Å²) in [5.74, 6) is -0.503. The van der Waals surface area contributed by atoms with Crippen LogP contribution in [0.3, 0.4) is 0 Å². The summed E-state index contributed by atoms with van der Waals surface area (Å²) in [7, 11) is 0. The largest absolute Gasteiger partial charge is 0.488 e. The van der Waals surface area contributed by atoms with Crippen LogP contribution in [0.5, 0.6) is 5.75 Å². The van der Waals surface area contributed by atoms with Crippen LogP contribution < -0.4 is 10.3 Å². The van der Waals surface area contributed by atoms with Crippen molar-refractivity contribution in [3.8, 4) is 17.1 Å². The number of hydrogen-bond donors (Lipinski definition) is 1. The molecule has 0 saturated heterocycles. The Hall–Kier alpha value is -3.54. The SMILES string of the molecule is O=c1[nH]c(-c2ccc(F)cc2OCc2ccccc2F)nc2ccccc12. The molecule has 0 bridgehead atoms. The van der Waals surface area contributed by atoms with Gasteiger partial charge >= 0.3 is 0 Å². The maximum Gasteiger partial charge on any atom is 0.259 e. The summed E-state index contributed by atoms with van der Waals surface area (Å²) < 4.78 is 33.2. The number of fused-ring (bicyclic) bond motifs is 1. The molecule has 0 atom stereocenters. The summed E-state index contributed by atoms with van der Waals surface area (Å²) in [5.41, 5.74) is 0.962. The van der Waals surface area contributed by atoms with Gasteiger partial charge in [0.2, 0.25) is 0 Å². The zero-order chi connectivity index (χ0) is 18.8. The van der Waals surface area contributed by atoms with E-state index in [4.69, 9.17) is 4.74 Å². The van der Waals surface area contributed by atoms with E-state index in [1.54, 1.807) is 42.5 Å². The molecule has 0 spiro atoms. The summed E-state index contributed by atoms with van der Waals surface area (Å²) in [6.07, 6.45) is 0. The minimum Gasteiger partial charge on any atom is -0.488 e. The van der Waals surface area contributed by atoms with Crippen molar-refractivity contribution in [3.05, 3.63) is 94.3 Å². The van der Waals surface area contributed by atoms with Gasteiger partial charge in [0.05, 0.1) is 16.5 Å². The maximum absolute atomic E-state index is 13.8. The van der Waals surface area contributed by atoms with Gasteiger partial charge in [-0.1, -0.05) is 30.3 Å². The fraction of sp³-hybridized carbons (Fsp3) is 0.0476. The van der Waals surface area contributed by atoms with Crippen molar-refractivity contribution in [2.75, 3.05) is 0 Å². The molecule has 0 saturated carbocycles. The minimum absolute atomic E-state index is 0.0824. The fourth-order valence-corrected chi connectivity index (χ4v) is 2.80. The third-order valence-electron chi connectivity index (χ3n) is 4.15. The van der Waals surface area contributed by atoms with Gasteiger partial charge in [0.15, 0.2) is 0 Å². The topological polar surface area (TPSA) is 55.0 Å². The molecule has 0 amide bonds. The van der Waals surface area contributed by atoms with Gasteiger partial charge < -0.3 is 9.72 Å². The Kier molecular flexibility index (Phi) is 4.38. The number of aromatic nitrogens is 2. The number of nitrogens with zero attached hydrogens (tertiary/aromatic N) is 1. The Morgan fingerprint density at radius 3 is 2.59 bits per heavy atom. The molecule has 0 fully saturated rings. The second kappa shape index (κ2) is 6.99. The number of rotatable bonds is 4. The highest BCUT2D eigenvalue weighted by atomic mass is 19.1.